The van der Waals surface area contributed by atoms with Gasteiger partial charge in [-0.1, -0.05) is 18.2 Å². The summed E-state index contributed by atoms with van der Waals surface area (Å²) in [6.07, 6.45) is 2.13. The highest BCUT2D eigenvalue weighted by Crippen LogP contribution is 2.54. The first-order valence-electron chi connectivity index (χ1n) is 9.87. The summed E-state index contributed by atoms with van der Waals surface area (Å²) in [7, 11) is 0. The first-order chi connectivity index (χ1) is 13.8. The summed E-state index contributed by atoms with van der Waals surface area (Å²) in [6.45, 7) is 2.68. The van der Waals surface area contributed by atoms with E-state index in [4.69, 9.17) is 18.9 Å². The highest BCUT2D eigenvalue weighted by molar-refractivity contribution is 6.11. The maximum Gasteiger partial charge on any atom is 0.245 e. The predicted molar refractivity (Wildman–Crippen MR) is 101 cm³/mol. The molecule has 0 saturated carbocycles. The number of nitrogens with zero attached hydrogens (tertiary/aromatic N) is 1. The Balaban J connectivity index is 1.48. The molecule has 1 amide bonds. The van der Waals surface area contributed by atoms with Gasteiger partial charge < -0.3 is 23.8 Å². The summed E-state index contributed by atoms with van der Waals surface area (Å²) in [5.74, 6) is 2.11. The Morgan fingerprint density at radius 1 is 0.964 bits per heavy atom. The zero-order valence-electron chi connectivity index (χ0n) is 15.5. The van der Waals surface area contributed by atoms with E-state index in [9.17, 15) is 4.79 Å². The molecule has 1 spiro atoms. The van der Waals surface area contributed by atoms with E-state index in [-0.39, 0.29) is 12.0 Å². The summed E-state index contributed by atoms with van der Waals surface area (Å²) in [5.41, 5.74) is 1.98. The van der Waals surface area contributed by atoms with Gasteiger partial charge in [-0.3, -0.25) is 4.79 Å². The van der Waals surface area contributed by atoms with Crippen molar-refractivity contribution in [3.63, 3.8) is 0 Å². The van der Waals surface area contributed by atoms with Gasteiger partial charge in [0, 0.05) is 23.9 Å². The molecule has 6 rings (SSSR count). The molecular weight excluding hydrogens is 358 g/mol. The largest absolute Gasteiger partial charge is 0.491 e. The number of rotatable bonds is 2. The van der Waals surface area contributed by atoms with Crippen molar-refractivity contribution in [1.82, 2.24) is 0 Å². The molecule has 6 nitrogen and oxygen atoms in total. The molecule has 4 aliphatic rings. The molecule has 2 atom stereocenters. The topological polar surface area (TPSA) is 57.2 Å². The molecule has 144 valence electrons. The molecule has 2 aromatic carbocycles. The van der Waals surface area contributed by atoms with Gasteiger partial charge in [0.15, 0.2) is 11.5 Å². The highest BCUT2D eigenvalue weighted by atomic mass is 16.6. The number of fused-ring (bicyclic) bond motifs is 5. The Morgan fingerprint density at radius 2 is 1.79 bits per heavy atom. The third-order valence-electron chi connectivity index (χ3n) is 6.22. The van der Waals surface area contributed by atoms with Gasteiger partial charge in [-0.05, 0) is 30.5 Å². The number of anilines is 1. The Labute approximate surface area is 162 Å². The van der Waals surface area contributed by atoms with E-state index in [0.717, 1.165) is 36.3 Å². The first kappa shape index (κ1) is 16.2. The van der Waals surface area contributed by atoms with E-state index in [1.807, 2.05) is 41.3 Å². The van der Waals surface area contributed by atoms with Crippen LogP contribution in [-0.4, -0.2) is 45.0 Å². The molecule has 2 aromatic rings. The Kier molecular flexibility index (Phi) is 3.41. The van der Waals surface area contributed by atoms with Crippen molar-refractivity contribution in [3.8, 4) is 17.2 Å². The minimum atomic E-state index is -0.833. The van der Waals surface area contributed by atoms with Gasteiger partial charge >= 0.3 is 0 Å². The van der Waals surface area contributed by atoms with Crippen molar-refractivity contribution in [2.24, 2.45) is 0 Å². The quantitative estimate of drug-likeness (QED) is 0.803. The molecule has 1 unspecified atom stereocenters. The average Bonchev–Trinajstić information content (AvgIpc) is 3.43. The monoisotopic (exact) mass is 379 g/mol. The number of ether oxygens (including phenoxy) is 4. The van der Waals surface area contributed by atoms with Crippen LogP contribution in [0.1, 0.15) is 24.0 Å². The van der Waals surface area contributed by atoms with E-state index in [1.54, 1.807) is 0 Å². The Bertz CT molecular complexity index is 967. The van der Waals surface area contributed by atoms with Gasteiger partial charge in [-0.15, -0.1) is 0 Å². The van der Waals surface area contributed by atoms with Gasteiger partial charge in [0.05, 0.1) is 12.6 Å². The lowest BCUT2D eigenvalue weighted by Gasteiger charge is -2.25. The van der Waals surface area contributed by atoms with Crippen LogP contribution >= 0.6 is 0 Å². The lowest BCUT2D eigenvalue weighted by molar-refractivity contribution is -0.122. The molecule has 4 aliphatic heterocycles. The number of carbonyl (C=O) groups is 1. The lowest BCUT2D eigenvalue weighted by atomic mass is 9.77. The third-order valence-corrected chi connectivity index (χ3v) is 6.22. The second-order valence-electron chi connectivity index (χ2n) is 7.75. The molecule has 0 N–H and O–H groups in total. The minimum absolute atomic E-state index is 0.0552. The number of carbonyl (C=O) groups excluding carboxylic acids is 1. The Hall–Kier alpha value is -2.73. The maximum absolute atomic E-state index is 13.8. The second-order valence-corrected chi connectivity index (χ2v) is 7.75. The number of para-hydroxylation sites is 1. The summed E-state index contributed by atoms with van der Waals surface area (Å²) in [6, 6.07) is 11.8. The fourth-order valence-corrected chi connectivity index (χ4v) is 4.88. The van der Waals surface area contributed by atoms with Crippen LogP contribution in [-0.2, 0) is 14.9 Å². The molecular formula is C22H21NO5. The Morgan fingerprint density at radius 3 is 2.61 bits per heavy atom. The van der Waals surface area contributed by atoms with Crippen LogP contribution in [0.3, 0.4) is 0 Å². The second kappa shape index (κ2) is 5.88. The molecule has 0 bridgehead atoms. The molecule has 6 heteroatoms. The van der Waals surface area contributed by atoms with Crippen molar-refractivity contribution in [1.29, 1.82) is 0 Å². The molecule has 1 fully saturated rings. The van der Waals surface area contributed by atoms with Crippen LogP contribution in [0.25, 0.3) is 0 Å². The molecule has 4 heterocycles. The lowest BCUT2D eigenvalue weighted by Crippen LogP contribution is -2.45. The molecule has 28 heavy (non-hydrogen) atoms. The van der Waals surface area contributed by atoms with Gasteiger partial charge in [-0.2, -0.15) is 0 Å². The molecule has 0 aliphatic carbocycles. The normalized spacial score (nSPS) is 27.1. The minimum Gasteiger partial charge on any atom is -0.491 e. The summed E-state index contributed by atoms with van der Waals surface area (Å²) < 4.78 is 23.3. The fraction of sp³-hybridized carbons (Fsp3) is 0.409. The van der Waals surface area contributed by atoms with E-state index in [1.165, 1.54) is 0 Å². The van der Waals surface area contributed by atoms with Crippen LogP contribution in [0.4, 0.5) is 5.69 Å². The third kappa shape index (κ3) is 2.09. The smallest absolute Gasteiger partial charge is 0.245 e. The van der Waals surface area contributed by atoms with E-state index >= 15 is 0 Å². The van der Waals surface area contributed by atoms with Crippen LogP contribution in [0.15, 0.2) is 36.4 Å². The highest BCUT2D eigenvalue weighted by Gasteiger charge is 2.57. The van der Waals surface area contributed by atoms with Crippen molar-refractivity contribution in [2.75, 3.05) is 37.9 Å². The van der Waals surface area contributed by atoms with Crippen molar-refractivity contribution in [2.45, 2.75) is 24.4 Å². The van der Waals surface area contributed by atoms with Gasteiger partial charge in [0.2, 0.25) is 5.91 Å². The average molecular weight is 379 g/mol. The van der Waals surface area contributed by atoms with Crippen LogP contribution < -0.4 is 19.1 Å². The van der Waals surface area contributed by atoms with Crippen molar-refractivity contribution >= 4 is 11.6 Å². The number of amides is 1. The number of hydrogen-bond donors (Lipinski definition) is 0. The SMILES string of the molecule is O=C1N(C[C@@H]2CCCO2)c2ccccc2C12COc1cc3c(cc12)OCCO3. The maximum atomic E-state index is 13.8. The van der Waals surface area contributed by atoms with Crippen LogP contribution in [0, 0.1) is 0 Å². The zero-order chi connectivity index (χ0) is 18.7. The molecule has 0 aromatic heterocycles. The molecule has 1 saturated heterocycles. The predicted octanol–water partition coefficient (Wildman–Crippen LogP) is 2.66. The summed E-state index contributed by atoms with van der Waals surface area (Å²) in [4.78, 5) is 15.7. The number of hydrogen-bond acceptors (Lipinski definition) is 5. The van der Waals surface area contributed by atoms with Crippen molar-refractivity contribution < 1.29 is 23.7 Å². The zero-order valence-corrected chi connectivity index (χ0v) is 15.5. The fourth-order valence-electron chi connectivity index (χ4n) is 4.88. The van der Waals surface area contributed by atoms with E-state index < -0.39 is 5.41 Å². The first-order valence-corrected chi connectivity index (χ1v) is 9.87. The number of benzene rings is 2. The van der Waals surface area contributed by atoms with Gasteiger partial charge in [-0.25, -0.2) is 0 Å². The van der Waals surface area contributed by atoms with E-state index in [0.29, 0.717) is 43.6 Å². The van der Waals surface area contributed by atoms with E-state index in [2.05, 4.69) is 0 Å². The summed E-state index contributed by atoms with van der Waals surface area (Å²) in [5, 5.41) is 0. The van der Waals surface area contributed by atoms with Crippen molar-refractivity contribution in [3.05, 3.63) is 47.5 Å². The van der Waals surface area contributed by atoms with Crippen LogP contribution in [0.2, 0.25) is 0 Å². The standard InChI is InChI=1S/C22H21NO5/c24-21-22(13-28-18-11-20-19(10-16(18)22)26-8-9-27-20)15-5-1-2-6-17(15)23(21)12-14-4-3-7-25-14/h1-2,5-6,10-11,14H,3-4,7-9,12-13H2/t14-,22?/m0/s1. The molecule has 0 radical (unpaired) electrons. The van der Waals surface area contributed by atoms with Crippen LogP contribution in [0.5, 0.6) is 17.2 Å². The van der Waals surface area contributed by atoms with Gasteiger partial charge in [0.25, 0.3) is 0 Å². The van der Waals surface area contributed by atoms with Gasteiger partial charge in [0.1, 0.15) is 31.0 Å². The summed E-state index contributed by atoms with van der Waals surface area (Å²) >= 11 is 0.